The Morgan fingerprint density at radius 1 is 1.26 bits per heavy atom. The van der Waals surface area contributed by atoms with Crippen LogP contribution in [0.2, 0.25) is 0 Å². The first kappa shape index (κ1) is 14.3. The van der Waals surface area contributed by atoms with Crippen molar-refractivity contribution >= 4 is 38.7 Å². The number of halogens is 1. The van der Waals surface area contributed by atoms with Crippen LogP contribution in [0.25, 0.3) is 0 Å². The van der Waals surface area contributed by atoms with Gasteiger partial charge in [-0.25, -0.2) is 0 Å². The van der Waals surface area contributed by atoms with Crippen molar-refractivity contribution in [1.29, 1.82) is 0 Å². The molecule has 1 aromatic carbocycles. The largest absolute Gasteiger partial charge is 0.364 e. The number of Topliss-reactive ketones (excluding diaryl/α,β-unsaturated/α-hetero) is 1. The maximum absolute atomic E-state index is 12.3. The van der Waals surface area contributed by atoms with Crippen LogP contribution < -0.4 is 4.90 Å². The van der Waals surface area contributed by atoms with Crippen molar-refractivity contribution in [3.8, 4) is 0 Å². The minimum Gasteiger partial charge on any atom is -0.364 e. The minimum atomic E-state index is 0.157. The molecule has 0 amide bonds. The van der Waals surface area contributed by atoms with E-state index in [4.69, 9.17) is 0 Å². The molecule has 0 aliphatic rings. The predicted octanol–water partition coefficient (Wildman–Crippen LogP) is 4.53. The van der Waals surface area contributed by atoms with Gasteiger partial charge in [-0.3, -0.25) is 4.79 Å². The van der Waals surface area contributed by atoms with E-state index in [0.29, 0.717) is 6.54 Å². The lowest BCUT2D eigenvalue weighted by Gasteiger charge is -2.22. The Labute approximate surface area is 126 Å². The third kappa shape index (κ3) is 3.45. The summed E-state index contributed by atoms with van der Waals surface area (Å²) in [6.45, 7) is 5.36. The summed E-state index contributed by atoms with van der Waals surface area (Å²) in [5.74, 6) is 0.157. The van der Waals surface area contributed by atoms with Gasteiger partial charge in [-0.15, -0.1) is 11.3 Å². The number of carbonyl (C=O) groups is 1. The van der Waals surface area contributed by atoms with E-state index < -0.39 is 0 Å². The van der Waals surface area contributed by atoms with Gasteiger partial charge < -0.3 is 4.90 Å². The highest BCUT2D eigenvalue weighted by atomic mass is 79.9. The number of nitrogens with zero attached hydrogens (tertiary/aromatic N) is 1. The number of likely N-dealkylation sites (N-methyl/N-ethyl adjacent to an activating group) is 1. The number of aryl methyl sites for hydroxylation is 1. The molecule has 0 saturated carbocycles. The summed E-state index contributed by atoms with van der Waals surface area (Å²) in [5.41, 5.74) is 2.32. The van der Waals surface area contributed by atoms with Crippen LogP contribution in [0.3, 0.4) is 0 Å². The second-order valence-electron chi connectivity index (χ2n) is 4.37. The van der Waals surface area contributed by atoms with Gasteiger partial charge in [0.1, 0.15) is 0 Å². The normalized spacial score (nSPS) is 10.5. The van der Waals surface area contributed by atoms with Crippen LogP contribution in [0.1, 0.15) is 22.2 Å². The van der Waals surface area contributed by atoms with Crippen LogP contribution in [-0.2, 0) is 0 Å². The van der Waals surface area contributed by atoms with E-state index in [1.807, 2.05) is 11.4 Å². The molecule has 2 rings (SSSR count). The molecule has 0 aliphatic heterocycles. The topological polar surface area (TPSA) is 20.3 Å². The van der Waals surface area contributed by atoms with E-state index in [1.165, 1.54) is 16.9 Å². The van der Waals surface area contributed by atoms with Crippen molar-refractivity contribution in [2.24, 2.45) is 0 Å². The second kappa shape index (κ2) is 6.35. The highest BCUT2D eigenvalue weighted by Crippen LogP contribution is 2.24. The van der Waals surface area contributed by atoms with Crippen LogP contribution in [0.15, 0.2) is 40.2 Å². The van der Waals surface area contributed by atoms with Crippen molar-refractivity contribution in [2.75, 3.05) is 18.0 Å². The maximum atomic E-state index is 12.3. The summed E-state index contributed by atoms with van der Waals surface area (Å²) in [7, 11) is 0. The fourth-order valence-corrected chi connectivity index (χ4v) is 3.40. The number of ketones is 1. The van der Waals surface area contributed by atoms with Crippen LogP contribution in [0.4, 0.5) is 5.69 Å². The number of carbonyl (C=O) groups excluding carboxylic acids is 1. The lowest BCUT2D eigenvalue weighted by molar-refractivity contribution is 0.100. The van der Waals surface area contributed by atoms with E-state index in [0.717, 1.165) is 21.6 Å². The zero-order valence-electron chi connectivity index (χ0n) is 11.0. The summed E-state index contributed by atoms with van der Waals surface area (Å²) in [6.07, 6.45) is 0. The third-order valence-corrected chi connectivity index (χ3v) is 4.86. The molecule has 2 nitrogen and oxygen atoms in total. The summed E-state index contributed by atoms with van der Waals surface area (Å²) >= 11 is 4.90. The lowest BCUT2D eigenvalue weighted by atomic mass is 10.2. The van der Waals surface area contributed by atoms with Crippen LogP contribution in [0.5, 0.6) is 0 Å². The molecule has 19 heavy (non-hydrogen) atoms. The number of hydrogen-bond acceptors (Lipinski definition) is 3. The molecule has 0 N–H and O–H groups in total. The van der Waals surface area contributed by atoms with Crippen molar-refractivity contribution in [2.45, 2.75) is 13.8 Å². The third-order valence-electron chi connectivity index (χ3n) is 2.99. The molecule has 0 radical (unpaired) electrons. The van der Waals surface area contributed by atoms with E-state index in [2.05, 4.69) is 58.9 Å². The second-order valence-corrected chi connectivity index (χ2v) is 6.14. The Bertz CT molecular complexity index is 562. The lowest BCUT2D eigenvalue weighted by Crippen LogP contribution is -2.29. The molecule has 1 heterocycles. The van der Waals surface area contributed by atoms with Crippen LogP contribution in [-0.4, -0.2) is 18.9 Å². The molecular formula is C15H16BrNOS. The molecule has 100 valence electrons. The molecule has 0 atom stereocenters. The Kier molecular flexibility index (Phi) is 4.77. The number of rotatable bonds is 5. The zero-order chi connectivity index (χ0) is 13.8. The molecular weight excluding hydrogens is 322 g/mol. The molecule has 0 saturated heterocycles. The Morgan fingerprint density at radius 3 is 2.47 bits per heavy atom. The average Bonchev–Trinajstić information content (AvgIpc) is 2.83. The van der Waals surface area contributed by atoms with Gasteiger partial charge in [-0.05, 0) is 53.4 Å². The van der Waals surface area contributed by atoms with Crippen molar-refractivity contribution < 1.29 is 4.79 Å². The first-order valence-electron chi connectivity index (χ1n) is 6.19. The summed E-state index contributed by atoms with van der Waals surface area (Å²) in [5, 5.41) is 1.93. The maximum Gasteiger partial charge on any atom is 0.193 e. The molecule has 2 aromatic rings. The fourth-order valence-electron chi connectivity index (χ4n) is 1.88. The molecule has 1 aromatic heterocycles. The highest BCUT2D eigenvalue weighted by molar-refractivity contribution is 9.10. The molecule has 0 fully saturated rings. The smallest absolute Gasteiger partial charge is 0.193 e. The van der Waals surface area contributed by atoms with Gasteiger partial charge in [0, 0.05) is 16.7 Å². The molecule has 4 heteroatoms. The van der Waals surface area contributed by atoms with Gasteiger partial charge in [0.15, 0.2) is 5.78 Å². The fraction of sp³-hybridized carbons (Fsp3) is 0.267. The van der Waals surface area contributed by atoms with Crippen LogP contribution in [0, 0.1) is 6.92 Å². The van der Waals surface area contributed by atoms with Crippen molar-refractivity contribution in [1.82, 2.24) is 0 Å². The Hall–Kier alpha value is -1.13. The van der Waals surface area contributed by atoms with E-state index >= 15 is 0 Å². The minimum absolute atomic E-state index is 0.157. The van der Waals surface area contributed by atoms with E-state index in [-0.39, 0.29) is 5.78 Å². The summed E-state index contributed by atoms with van der Waals surface area (Å²) < 4.78 is 0.891. The van der Waals surface area contributed by atoms with Gasteiger partial charge in [-0.1, -0.05) is 17.7 Å². The van der Waals surface area contributed by atoms with Gasteiger partial charge in [0.25, 0.3) is 0 Å². The van der Waals surface area contributed by atoms with Gasteiger partial charge >= 0.3 is 0 Å². The number of benzene rings is 1. The molecule has 0 aliphatic carbocycles. The zero-order valence-corrected chi connectivity index (χ0v) is 13.4. The monoisotopic (exact) mass is 337 g/mol. The summed E-state index contributed by atoms with van der Waals surface area (Å²) in [6, 6.07) is 10.2. The van der Waals surface area contributed by atoms with Gasteiger partial charge in [-0.2, -0.15) is 0 Å². The molecule has 0 bridgehead atoms. The Morgan fingerprint density at radius 2 is 1.95 bits per heavy atom. The first-order chi connectivity index (χ1) is 9.11. The predicted molar refractivity (Wildman–Crippen MR) is 85.4 cm³/mol. The standard InChI is InChI=1S/C15H16BrNOS/c1-3-17(12-6-4-11(2)5-7-12)10-14(18)15-13(16)8-9-19-15/h4-9H,3,10H2,1-2H3. The molecule has 0 unspecified atom stereocenters. The number of anilines is 1. The Balaban J connectivity index is 2.13. The molecule has 0 spiro atoms. The highest BCUT2D eigenvalue weighted by Gasteiger charge is 2.15. The quantitative estimate of drug-likeness (QED) is 0.747. The van der Waals surface area contributed by atoms with Crippen molar-refractivity contribution in [3.63, 3.8) is 0 Å². The van der Waals surface area contributed by atoms with Crippen LogP contribution >= 0.6 is 27.3 Å². The summed E-state index contributed by atoms with van der Waals surface area (Å²) in [4.78, 5) is 15.2. The number of thiophene rings is 1. The van der Waals surface area contributed by atoms with E-state index in [9.17, 15) is 4.79 Å². The SMILES string of the molecule is CCN(CC(=O)c1sccc1Br)c1ccc(C)cc1. The first-order valence-corrected chi connectivity index (χ1v) is 7.87. The number of hydrogen-bond donors (Lipinski definition) is 0. The van der Waals surface area contributed by atoms with Gasteiger partial charge in [0.2, 0.25) is 0 Å². The van der Waals surface area contributed by atoms with E-state index in [1.54, 1.807) is 0 Å². The average molecular weight is 338 g/mol. The van der Waals surface area contributed by atoms with Gasteiger partial charge in [0.05, 0.1) is 11.4 Å². The van der Waals surface area contributed by atoms with Crippen molar-refractivity contribution in [3.05, 3.63) is 50.6 Å².